The number of nitrogens with zero attached hydrogens (tertiary/aromatic N) is 3. The normalized spacial score (nSPS) is 23.2. The summed E-state index contributed by atoms with van der Waals surface area (Å²) in [5.74, 6) is 2.08. The molecule has 2 aliphatic rings. The standard InChI is InChI=1S/C28H43N3O/c1-19-14-22-23(15-20(19)2)29-26(30-12-10-9-11-13-30)17-24(22)32-21-16-25(27(3,4)5)31(18-21)28(6,7)8/h14-15,17,21,25H,9-13,16,18H2,1-8H3. The number of hydrogen-bond acceptors (Lipinski definition) is 4. The van der Waals surface area contributed by atoms with Gasteiger partial charge in [-0.25, -0.2) is 4.98 Å². The van der Waals surface area contributed by atoms with Crippen LogP contribution in [0.2, 0.25) is 0 Å². The molecule has 0 saturated carbocycles. The Kier molecular flexibility index (Phi) is 6.21. The molecule has 2 unspecified atom stereocenters. The van der Waals surface area contributed by atoms with Gasteiger partial charge in [0.1, 0.15) is 17.7 Å². The Morgan fingerprint density at radius 2 is 1.56 bits per heavy atom. The second-order valence-corrected chi connectivity index (χ2v) is 12.2. The van der Waals surface area contributed by atoms with Crippen LogP contribution in [0.3, 0.4) is 0 Å². The number of ether oxygens (including phenoxy) is 1. The average Bonchev–Trinajstić information content (AvgIpc) is 3.15. The Morgan fingerprint density at radius 1 is 0.906 bits per heavy atom. The van der Waals surface area contributed by atoms with Gasteiger partial charge in [0.15, 0.2) is 0 Å². The van der Waals surface area contributed by atoms with Crippen molar-refractivity contribution in [3.8, 4) is 5.75 Å². The van der Waals surface area contributed by atoms with E-state index in [-0.39, 0.29) is 17.1 Å². The van der Waals surface area contributed by atoms with Crippen molar-refractivity contribution in [3.05, 3.63) is 29.3 Å². The number of piperidine rings is 1. The summed E-state index contributed by atoms with van der Waals surface area (Å²) in [5, 5.41) is 1.15. The van der Waals surface area contributed by atoms with Crippen molar-refractivity contribution >= 4 is 16.7 Å². The Bertz CT molecular complexity index is 941. The first-order chi connectivity index (χ1) is 14.9. The number of aromatic nitrogens is 1. The zero-order valence-corrected chi connectivity index (χ0v) is 21.6. The van der Waals surface area contributed by atoms with E-state index in [2.05, 4.69) is 83.4 Å². The fraction of sp³-hybridized carbons (Fsp3) is 0.679. The van der Waals surface area contributed by atoms with E-state index in [1.165, 1.54) is 30.4 Å². The highest BCUT2D eigenvalue weighted by Gasteiger charge is 2.44. The molecule has 4 heteroatoms. The molecular weight excluding hydrogens is 394 g/mol. The van der Waals surface area contributed by atoms with Gasteiger partial charge >= 0.3 is 0 Å². The van der Waals surface area contributed by atoms with Crippen LogP contribution in [0, 0.1) is 19.3 Å². The first kappa shape index (κ1) is 23.4. The summed E-state index contributed by atoms with van der Waals surface area (Å²) >= 11 is 0. The van der Waals surface area contributed by atoms with Crippen LogP contribution in [0.4, 0.5) is 5.82 Å². The van der Waals surface area contributed by atoms with Crippen molar-refractivity contribution < 1.29 is 4.74 Å². The predicted octanol–water partition coefficient (Wildman–Crippen LogP) is 6.51. The predicted molar refractivity (Wildman–Crippen MR) is 136 cm³/mol. The lowest BCUT2D eigenvalue weighted by Crippen LogP contribution is -2.49. The lowest BCUT2D eigenvalue weighted by molar-refractivity contribution is 0.0559. The van der Waals surface area contributed by atoms with Crippen LogP contribution in [0.5, 0.6) is 5.75 Å². The summed E-state index contributed by atoms with van der Waals surface area (Å²) in [5.41, 5.74) is 4.00. The molecule has 3 heterocycles. The molecule has 176 valence electrons. The van der Waals surface area contributed by atoms with E-state index in [1.807, 2.05) is 0 Å². The van der Waals surface area contributed by atoms with E-state index < -0.39 is 0 Å². The molecule has 2 saturated heterocycles. The maximum atomic E-state index is 6.86. The topological polar surface area (TPSA) is 28.6 Å². The third-order valence-electron chi connectivity index (χ3n) is 7.47. The summed E-state index contributed by atoms with van der Waals surface area (Å²) in [6.45, 7) is 21.6. The van der Waals surface area contributed by atoms with Crippen molar-refractivity contribution in [2.24, 2.45) is 5.41 Å². The fourth-order valence-corrected chi connectivity index (χ4v) is 5.45. The largest absolute Gasteiger partial charge is 0.488 e. The van der Waals surface area contributed by atoms with E-state index in [0.29, 0.717) is 6.04 Å². The third-order valence-corrected chi connectivity index (χ3v) is 7.47. The summed E-state index contributed by atoms with van der Waals surface area (Å²) < 4.78 is 6.86. The molecule has 0 radical (unpaired) electrons. The molecule has 0 bridgehead atoms. The van der Waals surface area contributed by atoms with Crippen LogP contribution in [0.15, 0.2) is 18.2 Å². The molecule has 4 rings (SSSR count). The minimum absolute atomic E-state index is 0.128. The second kappa shape index (κ2) is 8.52. The third kappa shape index (κ3) is 4.76. The lowest BCUT2D eigenvalue weighted by atomic mass is 9.83. The van der Waals surface area contributed by atoms with Crippen LogP contribution in [0.1, 0.15) is 78.4 Å². The molecule has 0 amide bonds. The minimum atomic E-state index is 0.128. The Morgan fingerprint density at radius 3 is 2.16 bits per heavy atom. The first-order valence-electron chi connectivity index (χ1n) is 12.5. The van der Waals surface area contributed by atoms with Crippen LogP contribution in [0.25, 0.3) is 10.9 Å². The van der Waals surface area contributed by atoms with E-state index in [4.69, 9.17) is 9.72 Å². The maximum absolute atomic E-state index is 6.86. The van der Waals surface area contributed by atoms with Gasteiger partial charge in [-0.05, 0) is 82.6 Å². The molecule has 1 aromatic heterocycles. The fourth-order valence-electron chi connectivity index (χ4n) is 5.45. The lowest BCUT2D eigenvalue weighted by Gasteiger charge is -2.42. The Balaban J connectivity index is 1.70. The maximum Gasteiger partial charge on any atom is 0.132 e. The summed E-state index contributed by atoms with van der Waals surface area (Å²) in [6.07, 6.45) is 5.08. The van der Waals surface area contributed by atoms with E-state index in [9.17, 15) is 0 Å². The average molecular weight is 438 g/mol. The summed E-state index contributed by atoms with van der Waals surface area (Å²) in [4.78, 5) is 10.2. The number of hydrogen-bond donors (Lipinski definition) is 0. The Hall–Kier alpha value is -1.81. The molecule has 2 aromatic rings. The quantitative estimate of drug-likeness (QED) is 0.547. The zero-order chi connectivity index (χ0) is 23.3. The first-order valence-corrected chi connectivity index (χ1v) is 12.5. The van der Waals surface area contributed by atoms with Crippen LogP contribution in [-0.4, -0.2) is 47.2 Å². The van der Waals surface area contributed by atoms with Crippen LogP contribution >= 0.6 is 0 Å². The number of aryl methyl sites for hydroxylation is 2. The number of benzene rings is 1. The molecule has 1 aromatic carbocycles. The summed E-state index contributed by atoms with van der Waals surface area (Å²) in [7, 11) is 0. The van der Waals surface area contributed by atoms with Crippen LogP contribution < -0.4 is 9.64 Å². The molecule has 32 heavy (non-hydrogen) atoms. The van der Waals surface area contributed by atoms with Gasteiger partial charge in [0.05, 0.1) is 5.52 Å². The molecule has 2 atom stereocenters. The number of pyridine rings is 1. The van der Waals surface area contributed by atoms with Crippen LogP contribution in [-0.2, 0) is 0 Å². The summed E-state index contributed by atoms with van der Waals surface area (Å²) in [6, 6.07) is 7.23. The highest BCUT2D eigenvalue weighted by atomic mass is 16.5. The van der Waals surface area contributed by atoms with Crippen molar-refractivity contribution in [2.45, 2.75) is 98.8 Å². The van der Waals surface area contributed by atoms with Gasteiger partial charge in [0, 0.05) is 49.1 Å². The molecular formula is C28H43N3O. The number of rotatable bonds is 3. The van der Waals surface area contributed by atoms with Gasteiger partial charge < -0.3 is 9.64 Å². The van der Waals surface area contributed by atoms with Crippen molar-refractivity contribution in [1.82, 2.24) is 9.88 Å². The van der Waals surface area contributed by atoms with Gasteiger partial charge in [-0.15, -0.1) is 0 Å². The van der Waals surface area contributed by atoms with E-state index in [1.54, 1.807) is 0 Å². The van der Waals surface area contributed by atoms with Crippen molar-refractivity contribution in [3.63, 3.8) is 0 Å². The van der Waals surface area contributed by atoms with Gasteiger partial charge in [-0.3, -0.25) is 4.90 Å². The number of anilines is 1. The smallest absolute Gasteiger partial charge is 0.132 e. The molecule has 2 aliphatic heterocycles. The SMILES string of the molecule is Cc1cc2nc(N3CCCCC3)cc(OC3CC(C(C)(C)C)N(C(C)(C)C)C3)c2cc1C. The second-order valence-electron chi connectivity index (χ2n) is 12.2. The molecule has 4 nitrogen and oxygen atoms in total. The monoisotopic (exact) mass is 437 g/mol. The van der Waals surface area contributed by atoms with Gasteiger partial charge in [0.2, 0.25) is 0 Å². The zero-order valence-electron chi connectivity index (χ0n) is 21.6. The number of likely N-dealkylation sites (tertiary alicyclic amines) is 1. The van der Waals surface area contributed by atoms with E-state index >= 15 is 0 Å². The van der Waals surface area contributed by atoms with Gasteiger partial charge in [-0.2, -0.15) is 0 Å². The Labute approximate surface area is 195 Å². The highest BCUT2D eigenvalue weighted by Crippen LogP contribution is 2.40. The van der Waals surface area contributed by atoms with Crippen molar-refractivity contribution in [1.29, 1.82) is 0 Å². The number of fused-ring (bicyclic) bond motifs is 1. The van der Waals surface area contributed by atoms with E-state index in [0.717, 1.165) is 48.5 Å². The molecule has 2 fully saturated rings. The molecule has 0 spiro atoms. The van der Waals surface area contributed by atoms with Crippen molar-refractivity contribution in [2.75, 3.05) is 24.5 Å². The molecule has 0 aliphatic carbocycles. The molecule has 0 N–H and O–H groups in total. The highest BCUT2D eigenvalue weighted by molar-refractivity contribution is 5.88. The minimum Gasteiger partial charge on any atom is -0.488 e. The van der Waals surface area contributed by atoms with Gasteiger partial charge in [-0.1, -0.05) is 20.8 Å². The van der Waals surface area contributed by atoms with Gasteiger partial charge in [0.25, 0.3) is 0 Å².